The SMILES string of the molecule is CCOc1ccc2nc(N3CCN(C(=O)Nc4cccc(Cl)c4)CC3)sc2c1. The number of amides is 2. The van der Waals surface area contributed by atoms with E-state index in [2.05, 4.69) is 10.2 Å². The van der Waals surface area contributed by atoms with E-state index in [9.17, 15) is 4.79 Å². The Hall–Kier alpha value is -2.51. The minimum atomic E-state index is -0.104. The standard InChI is InChI=1S/C20H21ClN4O2S/c1-2-27-16-6-7-17-18(13-16)28-20(23-17)25-10-8-24(9-11-25)19(26)22-15-5-3-4-14(21)12-15/h3-7,12-13H,2,8-11H2,1H3,(H,22,26). The van der Waals surface area contributed by atoms with Crippen molar-refractivity contribution in [3.05, 3.63) is 47.5 Å². The number of fused-ring (bicyclic) bond motifs is 1. The summed E-state index contributed by atoms with van der Waals surface area (Å²) in [6.07, 6.45) is 0. The van der Waals surface area contributed by atoms with E-state index in [0.29, 0.717) is 30.4 Å². The molecule has 1 fully saturated rings. The number of aromatic nitrogens is 1. The van der Waals surface area contributed by atoms with Gasteiger partial charge >= 0.3 is 6.03 Å². The predicted octanol–water partition coefficient (Wildman–Crippen LogP) is 4.70. The third-order valence-electron chi connectivity index (χ3n) is 4.57. The van der Waals surface area contributed by atoms with Crippen molar-refractivity contribution in [1.29, 1.82) is 0 Å². The van der Waals surface area contributed by atoms with Gasteiger partial charge in [-0.3, -0.25) is 0 Å². The summed E-state index contributed by atoms with van der Waals surface area (Å²) in [5, 5.41) is 4.49. The summed E-state index contributed by atoms with van der Waals surface area (Å²) in [4.78, 5) is 21.3. The fourth-order valence-corrected chi connectivity index (χ4v) is 4.39. The Kier molecular flexibility index (Phi) is 5.54. The van der Waals surface area contributed by atoms with Crippen LogP contribution < -0.4 is 15.0 Å². The first-order valence-electron chi connectivity index (χ1n) is 9.22. The highest BCUT2D eigenvalue weighted by atomic mass is 35.5. The third-order valence-corrected chi connectivity index (χ3v) is 5.89. The van der Waals surface area contributed by atoms with Crippen molar-refractivity contribution in [3.63, 3.8) is 0 Å². The molecule has 146 valence electrons. The molecule has 8 heteroatoms. The lowest BCUT2D eigenvalue weighted by atomic mass is 10.3. The third kappa shape index (κ3) is 4.15. The second-order valence-electron chi connectivity index (χ2n) is 6.47. The summed E-state index contributed by atoms with van der Waals surface area (Å²) in [6, 6.07) is 13.1. The van der Waals surface area contributed by atoms with Crippen LogP contribution in [0.4, 0.5) is 15.6 Å². The number of hydrogen-bond donors (Lipinski definition) is 1. The Balaban J connectivity index is 1.38. The van der Waals surface area contributed by atoms with Crippen LogP contribution in [0.3, 0.4) is 0 Å². The summed E-state index contributed by atoms with van der Waals surface area (Å²) in [5.41, 5.74) is 1.68. The van der Waals surface area contributed by atoms with Crippen LogP contribution in [0.5, 0.6) is 5.75 Å². The van der Waals surface area contributed by atoms with Crippen LogP contribution in [0.25, 0.3) is 10.2 Å². The Labute approximate surface area is 172 Å². The van der Waals surface area contributed by atoms with Crippen molar-refractivity contribution in [2.24, 2.45) is 0 Å². The van der Waals surface area contributed by atoms with Crippen molar-refractivity contribution in [1.82, 2.24) is 9.88 Å². The molecule has 4 rings (SSSR count). The zero-order chi connectivity index (χ0) is 19.5. The molecule has 0 radical (unpaired) electrons. The molecule has 0 bridgehead atoms. The largest absolute Gasteiger partial charge is 0.494 e. The molecule has 28 heavy (non-hydrogen) atoms. The van der Waals surface area contributed by atoms with Gasteiger partial charge in [0, 0.05) is 36.9 Å². The first-order valence-corrected chi connectivity index (χ1v) is 10.4. The molecular weight excluding hydrogens is 396 g/mol. The molecular formula is C20H21ClN4O2S. The maximum absolute atomic E-state index is 12.5. The number of piperazine rings is 1. The van der Waals surface area contributed by atoms with Gasteiger partial charge in [0.25, 0.3) is 0 Å². The van der Waals surface area contributed by atoms with E-state index < -0.39 is 0 Å². The lowest BCUT2D eigenvalue weighted by Crippen LogP contribution is -2.50. The molecule has 3 aromatic rings. The predicted molar refractivity (Wildman–Crippen MR) is 115 cm³/mol. The molecule has 0 saturated carbocycles. The highest BCUT2D eigenvalue weighted by molar-refractivity contribution is 7.22. The fraction of sp³-hybridized carbons (Fsp3) is 0.300. The maximum atomic E-state index is 12.5. The number of rotatable bonds is 4. The molecule has 1 saturated heterocycles. The fourth-order valence-electron chi connectivity index (χ4n) is 3.15. The molecule has 1 N–H and O–H groups in total. The molecule has 1 aliphatic rings. The summed E-state index contributed by atoms with van der Waals surface area (Å²) in [7, 11) is 0. The Morgan fingerprint density at radius 2 is 2.04 bits per heavy atom. The number of nitrogens with zero attached hydrogens (tertiary/aromatic N) is 3. The normalized spacial score (nSPS) is 14.4. The number of carbonyl (C=O) groups excluding carboxylic acids is 1. The van der Waals surface area contributed by atoms with E-state index in [1.54, 1.807) is 23.5 Å². The van der Waals surface area contributed by atoms with Gasteiger partial charge in [-0.05, 0) is 43.3 Å². The highest BCUT2D eigenvalue weighted by Crippen LogP contribution is 2.32. The molecule has 0 atom stereocenters. The average molecular weight is 417 g/mol. The van der Waals surface area contributed by atoms with Gasteiger partial charge in [-0.25, -0.2) is 9.78 Å². The number of anilines is 2. The zero-order valence-electron chi connectivity index (χ0n) is 15.5. The van der Waals surface area contributed by atoms with E-state index in [1.165, 1.54) is 0 Å². The van der Waals surface area contributed by atoms with Crippen LogP contribution in [0, 0.1) is 0 Å². The number of ether oxygens (including phenoxy) is 1. The van der Waals surface area contributed by atoms with Gasteiger partial charge in [-0.1, -0.05) is 29.0 Å². The molecule has 1 aromatic heterocycles. The van der Waals surface area contributed by atoms with Gasteiger partial charge in [0.2, 0.25) is 0 Å². The van der Waals surface area contributed by atoms with E-state index in [1.807, 2.05) is 42.2 Å². The Morgan fingerprint density at radius 1 is 1.21 bits per heavy atom. The molecule has 1 aliphatic heterocycles. The summed E-state index contributed by atoms with van der Waals surface area (Å²) < 4.78 is 6.68. The zero-order valence-corrected chi connectivity index (χ0v) is 17.1. The van der Waals surface area contributed by atoms with Gasteiger partial charge < -0.3 is 19.9 Å². The van der Waals surface area contributed by atoms with Crippen molar-refractivity contribution in [3.8, 4) is 5.75 Å². The molecule has 2 amide bonds. The quantitative estimate of drug-likeness (QED) is 0.669. The van der Waals surface area contributed by atoms with Gasteiger partial charge in [0.05, 0.1) is 16.8 Å². The smallest absolute Gasteiger partial charge is 0.321 e. The molecule has 0 unspecified atom stereocenters. The Bertz CT molecular complexity index is 985. The van der Waals surface area contributed by atoms with Crippen LogP contribution in [-0.4, -0.2) is 48.7 Å². The molecule has 2 heterocycles. The van der Waals surface area contributed by atoms with Gasteiger partial charge in [0.1, 0.15) is 5.75 Å². The minimum Gasteiger partial charge on any atom is -0.494 e. The van der Waals surface area contributed by atoms with E-state index >= 15 is 0 Å². The first-order chi connectivity index (χ1) is 13.6. The molecule has 0 aliphatic carbocycles. The van der Waals surface area contributed by atoms with Gasteiger partial charge in [-0.15, -0.1) is 0 Å². The van der Waals surface area contributed by atoms with E-state index in [-0.39, 0.29) is 6.03 Å². The van der Waals surface area contributed by atoms with E-state index in [0.717, 1.165) is 34.2 Å². The number of thiazole rings is 1. The average Bonchev–Trinajstić information content (AvgIpc) is 3.12. The number of hydrogen-bond acceptors (Lipinski definition) is 5. The van der Waals surface area contributed by atoms with Crippen LogP contribution >= 0.6 is 22.9 Å². The van der Waals surface area contributed by atoms with Crippen LogP contribution in [0.2, 0.25) is 5.02 Å². The summed E-state index contributed by atoms with van der Waals surface area (Å²) in [6.45, 7) is 5.42. The lowest BCUT2D eigenvalue weighted by Gasteiger charge is -2.34. The lowest BCUT2D eigenvalue weighted by molar-refractivity contribution is 0.208. The summed E-state index contributed by atoms with van der Waals surface area (Å²) in [5.74, 6) is 0.868. The van der Waals surface area contributed by atoms with Crippen molar-refractivity contribution < 1.29 is 9.53 Å². The first kappa shape index (κ1) is 18.8. The van der Waals surface area contributed by atoms with Crippen LogP contribution in [-0.2, 0) is 0 Å². The van der Waals surface area contributed by atoms with Gasteiger partial charge in [-0.2, -0.15) is 0 Å². The summed E-state index contributed by atoms with van der Waals surface area (Å²) >= 11 is 7.64. The second kappa shape index (κ2) is 8.24. The van der Waals surface area contributed by atoms with E-state index in [4.69, 9.17) is 21.3 Å². The Morgan fingerprint density at radius 3 is 2.79 bits per heavy atom. The number of halogens is 1. The van der Waals surface area contributed by atoms with Crippen LogP contribution in [0.15, 0.2) is 42.5 Å². The van der Waals surface area contributed by atoms with Crippen LogP contribution in [0.1, 0.15) is 6.92 Å². The number of urea groups is 1. The highest BCUT2D eigenvalue weighted by Gasteiger charge is 2.23. The minimum absolute atomic E-state index is 0.104. The number of nitrogens with one attached hydrogen (secondary N) is 1. The van der Waals surface area contributed by atoms with Crippen molar-refractivity contribution in [2.45, 2.75) is 6.92 Å². The monoisotopic (exact) mass is 416 g/mol. The van der Waals surface area contributed by atoms with Crippen molar-refractivity contribution in [2.75, 3.05) is 43.0 Å². The second-order valence-corrected chi connectivity index (χ2v) is 7.92. The van der Waals surface area contributed by atoms with Gasteiger partial charge in [0.15, 0.2) is 5.13 Å². The topological polar surface area (TPSA) is 57.7 Å². The van der Waals surface area contributed by atoms with Crippen molar-refractivity contribution >= 4 is 50.0 Å². The number of benzene rings is 2. The maximum Gasteiger partial charge on any atom is 0.321 e. The molecule has 0 spiro atoms. The number of carbonyl (C=O) groups is 1. The molecule has 6 nitrogen and oxygen atoms in total. The molecule has 2 aromatic carbocycles.